The topological polar surface area (TPSA) is 70.4 Å². The molecule has 2 rings (SSSR count). The molecule has 1 amide bonds. The van der Waals surface area contributed by atoms with Crippen molar-refractivity contribution in [2.75, 3.05) is 32.0 Å². The van der Waals surface area contributed by atoms with Gasteiger partial charge in [0.2, 0.25) is 5.91 Å². The summed E-state index contributed by atoms with van der Waals surface area (Å²) in [6, 6.07) is 2.30. The first kappa shape index (κ1) is 14.0. The first-order valence-electron chi connectivity index (χ1n) is 6.79. The summed E-state index contributed by atoms with van der Waals surface area (Å²) in [5, 5.41) is 9.83. The van der Waals surface area contributed by atoms with Crippen molar-refractivity contribution in [2.45, 2.75) is 32.2 Å². The van der Waals surface area contributed by atoms with Crippen molar-refractivity contribution in [3.8, 4) is 0 Å². The predicted molar refractivity (Wildman–Crippen MR) is 73.0 cm³/mol. The van der Waals surface area contributed by atoms with E-state index in [2.05, 4.69) is 27.7 Å². The molecule has 1 aromatic rings. The van der Waals surface area contributed by atoms with Gasteiger partial charge in [-0.25, -0.2) is 0 Å². The van der Waals surface area contributed by atoms with E-state index < -0.39 is 0 Å². The van der Waals surface area contributed by atoms with E-state index in [1.807, 2.05) is 0 Å². The lowest BCUT2D eigenvalue weighted by Crippen LogP contribution is -2.42. The number of amides is 1. The van der Waals surface area contributed by atoms with Crippen molar-refractivity contribution in [3.05, 3.63) is 11.8 Å². The maximum Gasteiger partial charge on any atom is 0.226 e. The molecule has 1 saturated heterocycles. The number of aromatic nitrogens is 1. The van der Waals surface area contributed by atoms with E-state index in [-0.39, 0.29) is 5.91 Å². The van der Waals surface area contributed by atoms with E-state index >= 15 is 0 Å². The molecule has 0 aromatic carbocycles. The van der Waals surface area contributed by atoms with Crippen LogP contribution in [-0.4, -0.2) is 48.7 Å². The molecular formula is C13H22N4O2. The molecule has 6 nitrogen and oxygen atoms in total. The number of nitrogens with zero attached hydrogens (tertiary/aromatic N) is 2. The zero-order chi connectivity index (χ0) is 13.7. The molecule has 2 N–H and O–H groups in total. The van der Waals surface area contributed by atoms with Crippen LogP contribution in [0.5, 0.6) is 0 Å². The smallest absolute Gasteiger partial charge is 0.226 e. The summed E-state index contributed by atoms with van der Waals surface area (Å²) in [5.41, 5.74) is 0. The summed E-state index contributed by atoms with van der Waals surface area (Å²) in [4.78, 5) is 14.0. The Labute approximate surface area is 113 Å². The quantitative estimate of drug-likeness (QED) is 0.832. The number of nitrogens with one attached hydrogen (secondary N) is 2. The highest BCUT2D eigenvalue weighted by Gasteiger charge is 2.18. The van der Waals surface area contributed by atoms with Crippen LogP contribution < -0.4 is 10.6 Å². The number of carbonyl (C=O) groups excluding carboxylic acids is 1. The Balaban J connectivity index is 1.70. The standard InChI is InChI=1S/C13H22N4O2/c1-10-9-12(16-19-10)15-13(18)5-8-17(2)11-3-6-14-7-4-11/h9,11,14H,3-8H2,1-2H3,(H,15,16,18). The Kier molecular flexibility index (Phi) is 4.93. The molecular weight excluding hydrogens is 244 g/mol. The molecule has 0 bridgehead atoms. The summed E-state index contributed by atoms with van der Waals surface area (Å²) in [7, 11) is 2.09. The zero-order valence-corrected chi connectivity index (χ0v) is 11.6. The molecule has 1 fully saturated rings. The number of rotatable bonds is 5. The third kappa shape index (κ3) is 4.33. The van der Waals surface area contributed by atoms with Crippen LogP contribution in [0, 0.1) is 6.92 Å². The number of anilines is 1. The second kappa shape index (κ2) is 6.68. The lowest BCUT2D eigenvalue weighted by atomic mass is 10.1. The predicted octanol–water partition coefficient (Wildman–Crippen LogP) is 0.995. The largest absolute Gasteiger partial charge is 0.360 e. The van der Waals surface area contributed by atoms with Gasteiger partial charge in [-0.2, -0.15) is 0 Å². The fourth-order valence-corrected chi connectivity index (χ4v) is 2.34. The van der Waals surface area contributed by atoms with E-state index in [1.165, 1.54) is 0 Å². The van der Waals surface area contributed by atoms with Crippen LogP contribution in [0.1, 0.15) is 25.0 Å². The van der Waals surface area contributed by atoms with Gasteiger partial charge >= 0.3 is 0 Å². The van der Waals surface area contributed by atoms with Gasteiger partial charge in [0.25, 0.3) is 0 Å². The maximum absolute atomic E-state index is 11.8. The first-order valence-corrected chi connectivity index (χ1v) is 6.79. The van der Waals surface area contributed by atoms with Gasteiger partial charge in [-0.1, -0.05) is 5.16 Å². The van der Waals surface area contributed by atoms with E-state index in [1.54, 1.807) is 13.0 Å². The second-order valence-electron chi connectivity index (χ2n) is 5.08. The van der Waals surface area contributed by atoms with Crippen LogP contribution in [0.3, 0.4) is 0 Å². The molecule has 1 aromatic heterocycles. The SMILES string of the molecule is Cc1cc(NC(=O)CCN(C)C2CCNCC2)no1. The molecule has 106 valence electrons. The number of hydrogen-bond donors (Lipinski definition) is 2. The molecule has 0 radical (unpaired) electrons. The van der Waals surface area contributed by atoms with Gasteiger partial charge < -0.3 is 20.1 Å². The van der Waals surface area contributed by atoms with Crippen LogP contribution in [0.15, 0.2) is 10.6 Å². The number of aryl methyl sites for hydroxylation is 1. The fraction of sp³-hybridized carbons (Fsp3) is 0.692. The number of carbonyl (C=O) groups is 1. The fourth-order valence-electron chi connectivity index (χ4n) is 2.34. The van der Waals surface area contributed by atoms with Gasteiger partial charge in [0, 0.05) is 25.1 Å². The third-order valence-corrected chi connectivity index (χ3v) is 3.52. The van der Waals surface area contributed by atoms with E-state index in [0.717, 1.165) is 32.5 Å². The van der Waals surface area contributed by atoms with Crippen LogP contribution in [0.25, 0.3) is 0 Å². The zero-order valence-electron chi connectivity index (χ0n) is 11.6. The van der Waals surface area contributed by atoms with Crippen molar-refractivity contribution in [3.63, 3.8) is 0 Å². The molecule has 0 saturated carbocycles. The lowest BCUT2D eigenvalue weighted by molar-refractivity contribution is -0.116. The molecule has 6 heteroatoms. The molecule has 0 spiro atoms. The Morgan fingerprint density at radius 2 is 2.32 bits per heavy atom. The van der Waals surface area contributed by atoms with Crippen molar-refractivity contribution in [1.29, 1.82) is 0 Å². The monoisotopic (exact) mass is 266 g/mol. The van der Waals surface area contributed by atoms with Gasteiger partial charge in [0.05, 0.1) is 0 Å². The Morgan fingerprint density at radius 3 is 2.95 bits per heavy atom. The van der Waals surface area contributed by atoms with Crippen LogP contribution in [-0.2, 0) is 4.79 Å². The number of hydrogen-bond acceptors (Lipinski definition) is 5. The average molecular weight is 266 g/mol. The molecule has 19 heavy (non-hydrogen) atoms. The normalized spacial score (nSPS) is 16.8. The lowest BCUT2D eigenvalue weighted by Gasteiger charge is -2.31. The molecule has 1 aliphatic heterocycles. The molecule has 0 aliphatic carbocycles. The average Bonchev–Trinajstić information content (AvgIpc) is 2.82. The highest BCUT2D eigenvalue weighted by molar-refractivity contribution is 5.89. The summed E-state index contributed by atoms with van der Waals surface area (Å²) < 4.78 is 4.90. The van der Waals surface area contributed by atoms with Crippen LogP contribution in [0.2, 0.25) is 0 Å². The van der Waals surface area contributed by atoms with Crippen LogP contribution in [0.4, 0.5) is 5.82 Å². The second-order valence-corrected chi connectivity index (χ2v) is 5.08. The van der Waals surface area contributed by atoms with Gasteiger partial charge in [0.1, 0.15) is 5.76 Å². The number of piperidine rings is 1. The molecule has 0 unspecified atom stereocenters. The Hall–Kier alpha value is -1.40. The highest BCUT2D eigenvalue weighted by atomic mass is 16.5. The van der Waals surface area contributed by atoms with Gasteiger partial charge in [-0.05, 0) is 39.9 Å². The summed E-state index contributed by atoms with van der Waals surface area (Å²) in [6.07, 6.45) is 2.79. The minimum absolute atomic E-state index is 0.0194. The molecule has 1 aliphatic rings. The Morgan fingerprint density at radius 1 is 1.58 bits per heavy atom. The van der Waals surface area contributed by atoms with E-state index in [4.69, 9.17) is 4.52 Å². The van der Waals surface area contributed by atoms with Gasteiger partial charge in [-0.15, -0.1) is 0 Å². The summed E-state index contributed by atoms with van der Waals surface area (Å²) in [6.45, 7) is 4.71. The minimum Gasteiger partial charge on any atom is -0.360 e. The van der Waals surface area contributed by atoms with Crippen molar-refractivity contribution < 1.29 is 9.32 Å². The summed E-state index contributed by atoms with van der Waals surface area (Å²) in [5.74, 6) is 1.17. The molecule has 0 atom stereocenters. The highest BCUT2D eigenvalue weighted by Crippen LogP contribution is 2.11. The van der Waals surface area contributed by atoms with Gasteiger partial charge in [-0.3, -0.25) is 4.79 Å². The third-order valence-electron chi connectivity index (χ3n) is 3.52. The molecule has 2 heterocycles. The maximum atomic E-state index is 11.8. The van der Waals surface area contributed by atoms with Crippen molar-refractivity contribution in [1.82, 2.24) is 15.4 Å². The summed E-state index contributed by atoms with van der Waals surface area (Å²) >= 11 is 0. The van der Waals surface area contributed by atoms with Crippen LogP contribution >= 0.6 is 0 Å². The van der Waals surface area contributed by atoms with Crippen molar-refractivity contribution in [2.24, 2.45) is 0 Å². The minimum atomic E-state index is -0.0194. The Bertz CT molecular complexity index is 413. The first-order chi connectivity index (χ1) is 9.15. The van der Waals surface area contributed by atoms with Crippen molar-refractivity contribution >= 4 is 11.7 Å². The van der Waals surface area contributed by atoms with Gasteiger partial charge in [0.15, 0.2) is 5.82 Å². The van der Waals surface area contributed by atoms with E-state index in [0.29, 0.717) is 24.0 Å². The van der Waals surface area contributed by atoms with E-state index in [9.17, 15) is 4.79 Å².